The van der Waals surface area contributed by atoms with Gasteiger partial charge in [-0.3, -0.25) is 9.45 Å². The summed E-state index contributed by atoms with van der Waals surface area (Å²) >= 11 is 0. The summed E-state index contributed by atoms with van der Waals surface area (Å²) in [6.07, 6.45) is 3.15. The largest absolute Gasteiger partial charge is 0.399 e. The van der Waals surface area contributed by atoms with Crippen molar-refractivity contribution in [2.24, 2.45) is 0 Å². The second-order valence-electron chi connectivity index (χ2n) is 5.85. The van der Waals surface area contributed by atoms with Gasteiger partial charge < -0.3 is 10.6 Å². The molecule has 2 heterocycles. The third kappa shape index (κ3) is 4.70. The van der Waals surface area contributed by atoms with Gasteiger partial charge in [0.1, 0.15) is 0 Å². The van der Waals surface area contributed by atoms with Crippen LogP contribution in [0, 0.1) is 0 Å². The van der Waals surface area contributed by atoms with Crippen molar-refractivity contribution in [3.8, 4) is 0 Å². The van der Waals surface area contributed by atoms with Crippen molar-refractivity contribution >= 4 is 21.5 Å². The van der Waals surface area contributed by atoms with Crippen LogP contribution in [0.5, 0.6) is 0 Å². The van der Waals surface area contributed by atoms with Gasteiger partial charge >= 0.3 is 0 Å². The monoisotopic (exact) mass is 339 g/mol. The van der Waals surface area contributed by atoms with Crippen molar-refractivity contribution in [1.82, 2.24) is 4.90 Å². The molecule has 0 radical (unpaired) electrons. The lowest BCUT2D eigenvalue weighted by atomic mass is 9.94. The highest BCUT2D eigenvalue weighted by Gasteiger charge is 2.32. The first kappa shape index (κ1) is 17.8. The fourth-order valence-corrected chi connectivity index (χ4v) is 3.01. The highest BCUT2D eigenvalue weighted by Crippen LogP contribution is 2.32. The molecule has 6 nitrogen and oxygen atoms in total. The molecule has 7 heteroatoms. The van der Waals surface area contributed by atoms with Gasteiger partial charge in [0.2, 0.25) is 0 Å². The van der Waals surface area contributed by atoms with E-state index in [2.05, 4.69) is 28.5 Å². The van der Waals surface area contributed by atoms with Crippen LogP contribution in [0.2, 0.25) is 0 Å². The molecular weight excluding hydrogens is 314 g/mol. The summed E-state index contributed by atoms with van der Waals surface area (Å²) in [7, 11) is -3.66. The van der Waals surface area contributed by atoms with Gasteiger partial charge in [-0.05, 0) is 31.0 Å². The van der Waals surface area contributed by atoms with E-state index in [4.69, 9.17) is 10.3 Å². The van der Waals surface area contributed by atoms with Crippen LogP contribution >= 0.6 is 0 Å². The van der Waals surface area contributed by atoms with E-state index in [0.717, 1.165) is 38.3 Å². The predicted molar refractivity (Wildman–Crippen MR) is 94.4 cm³/mol. The second kappa shape index (κ2) is 7.33. The van der Waals surface area contributed by atoms with Crippen LogP contribution in [0.3, 0.4) is 0 Å². The SMILES string of the molecule is C=CCN1CCN2CC1Cc1ccc(N)cc12.CCS(=O)(=O)O. The number of rotatable bonds is 3. The first-order valence-corrected chi connectivity index (χ1v) is 9.38. The Morgan fingerprint density at radius 1 is 1.43 bits per heavy atom. The minimum Gasteiger partial charge on any atom is -0.399 e. The predicted octanol–water partition coefficient (Wildman–Crippen LogP) is 1.40. The number of piperazine rings is 1. The van der Waals surface area contributed by atoms with Crippen molar-refractivity contribution in [2.75, 3.05) is 42.6 Å². The third-order valence-corrected chi connectivity index (χ3v) is 4.97. The molecule has 1 saturated heterocycles. The van der Waals surface area contributed by atoms with Crippen LogP contribution in [0.15, 0.2) is 30.9 Å². The van der Waals surface area contributed by atoms with Gasteiger partial charge in [0, 0.05) is 43.6 Å². The molecular formula is C16H25N3O3S. The lowest BCUT2D eigenvalue weighted by Crippen LogP contribution is -2.56. The molecule has 128 valence electrons. The molecule has 0 amide bonds. The van der Waals surface area contributed by atoms with Gasteiger partial charge in [-0.1, -0.05) is 12.1 Å². The zero-order chi connectivity index (χ0) is 17.0. The van der Waals surface area contributed by atoms with Crippen LogP contribution in [0.1, 0.15) is 12.5 Å². The van der Waals surface area contributed by atoms with Crippen LogP contribution in [0.25, 0.3) is 0 Å². The lowest BCUT2D eigenvalue weighted by molar-refractivity contribution is 0.188. The summed E-state index contributed by atoms with van der Waals surface area (Å²) in [5.74, 6) is -0.201. The van der Waals surface area contributed by atoms with E-state index in [1.165, 1.54) is 18.2 Å². The van der Waals surface area contributed by atoms with Crippen LogP contribution in [-0.2, 0) is 16.5 Å². The number of nitrogens with two attached hydrogens (primary N) is 1. The summed E-state index contributed by atoms with van der Waals surface area (Å²) in [5.41, 5.74) is 9.53. The van der Waals surface area contributed by atoms with E-state index in [0.29, 0.717) is 6.04 Å². The van der Waals surface area contributed by atoms with E-state index in [-0.39, 0.29) is 5.75 Å². The van der Waals surface area contributed by atoms with Gasteiger partial charge in [-0.25, -0.2) is 0 Å². The first-order chi connectivity index (χ1) is 10.8. The molecule has 0 aliphatic carbocycles. The minimum atomic E-state index is -3.66. The molecule has 1 fully saturated rings. The molecule has 0 spiro atoms. The molecule has 3 rings (SSSR count). The van der Waals surface area contributed by atoms with Gasteiger partial charge in [0.15, 0.2) is 0 Å². The highest BCUT2D eigenvalue weighted by molar-refractivity contribution is 7.85. The van der Waals surface area contributed by atoms with E-state index in [1.807, 2.05) is 12.1 Å². The molecule has 1 aromatic rings. The van der Waals surface area contributed by atoms with Crippen LogP contribution in [-0.4, -0.2) is 55.8 Å². The molecule has 3 N–H and O–H groups in total. The quantitative estimate of drug-likeness (QED) is 0.492. The summed E-state index contributed by atoms with van der Waals surface area (Å²) in [6, 6.07) is 6.95. The molecule has 23 heavy (non-hydrogen) atoms. The fourth-order valence-electron chi connectivity index (χ4n) is 3.01. The Morgan fingerprint density at radius 3 is 2.74 bits per heavy atom. The summed E-state index contributed by atoms with van der Waals surface area (Å²) in [4.78, 5) is 5.00. The van der Waals surface area contributed by atoms with E-state index in [1.54, 1.807) is 0 Å². The first-order valence-electron chi connectivity index (χ1n) is 7.77. The molecule has 0 aromatic heterocycles. The fraction of sp³-hybridized carbons (Fsp3) is 0.500. The smallest absolute Gasteiger partial charge is 0.264 e. The van der Waals surface area contributed by atoms with Crippen molar-refractivity contribution in [3.05, 3.63) is 36.4 Å². The molecule has 2 aliphatic heterocycles. The standard InChI is InChI=1S/C14H19N3.C2H6O3S/c1-2-5-16-6-7-17-10-13(16)8-11-3-4-12(15)9-14(11)17;1-2-6(3,4)5/h2-4,9,13H,1,5-8,10,15H2;2H2,1H3,(H,3,4,5). The van der Waals surface area contributed by atoms with E-state index >= 15 is 0 Å². The van der Waals surface area contributed by atoms with Crippen molar-refractivity contribution in [1.29, 1.82) is 0 Å². The minimum absolute atomic E-state index is 0.201. The van der Waals surface area contributed by atoms with Gasteiger partial charge in [-0.2, -0.15) is 8.42 Å². The molecule has 1 aromatic carbocycles. The van der Waals surface area contributed by atoms with Gasteiger partial charge in [0.25, 0.3) is 10.1 Å². The topological polar surface area (TPSA) is 86.9 Å². The average molecular weight is 339 g/mol. The van der Waals surface area contributed by atoms with Gasteiger partial charge in [0.05, 0.1) is 5.75 Å². The van der Waals surface area contributed by atoms with Gasteiger partial charge in [-0.15, -0.1) is 6.58 Å². The van der Waals surface area contributed by atoms with Crippen molar-refractivity contribution < 1.29 is 13.0 Å². The summed E-state index contributed by atoms with van der Waals surface area (Å²) < 4.78 is 26.9. The lowest BCUT2D eigenvalue weighted by Gasteiger charge is -2.46. The zero-order valence-corrected chi connectivity index (χ0v) is 14.3. The summed E-state index contributed by atoms with van der Waals surface area (Å²) in [6.45, 7) is 9.57. The zero-order valence-electron chi connectivity index (χ0n) is 13.5. The number of benzene rings is 1. The number of nitrogen functional groups attached to an aromatic ring is 1. The normalized spacial score (nSPS) is 20.3. The molecule has 2 aliphatic rings. The number of fused-ring (bicyclic) bond motifs is 4. The second-order valence-corrected chi connectivity index (χ2v) is 7.59. The van der Waals surface area contributed by atoms with Crippen LogP contribution < -0.4 is 10.6 Å². The van der Waals surface area contributed by atoms with Crippen molar-refractivity contribution in [2.45, 2.75) is 19.4 Å². The number of hydrogen-bond donors (Lipinski definition) is 2. The maximum Gasteiger partial charge on any atom is 0.264 e. The number of hydrogen-bond acceptors (Lipinski definition) is 5. The van der Waals surface area contributed by atoms with E-state index in [9.17, 15) is 8.42 Å². The van der Waals surface area contributed by atoms with E-state index < -0.39 is 10.1 Å². The maximum atomic E-state index is 9.56. The summed E-state index contributed by atoms with van der Waals surface area (Å²) in [5, 5.41) is 0. The Bertz CT molecular complexity index is 661. The Kier molecular flexibility index (Phi) is 5.67. The Labute approximate surface area is 138 Å². The Morgan fingerprint density at radius 2 is 2.13 bits per heavy atom. The molecule has 2 bridgehead atoms. The molecule has 1 unspecified atom stereocenters. The molecule has 1 atom stereocenters. The highest BCUT2D eigenvalue weighted by atomic mass is 32.2. The van der Waals surface area contributed by atoms with Crippen LogP contribution in [0.4, 0.5) is 11.4 Å². The Hall–Kier alpha value is -1.57. The number of anilines is 2. The maximum absolute atomic E-state index is 9.56. The molecule has 0 saturated carbocycles. The Balaban J connectivity index is 0.000000277. The van der Waals surface area contributed by atoms with Crippen molar-refractivity contribution in [3.63, 3.8) is 0 Å². The average Bonchev–Trinajstić information content (AvgIpc) is 2.51. The third-order valence-electron chi connectivity index (χ3n) is 4.24. The number of nitrogens with zero attached hydrogens (tertiary/aromatic N) is 2.